The Morgan fingerprint density at radius 1 is 1.10 bits per heavy atom. The third-order valence-corrected chi connectivity index (χ3v) is 5.97. The Balaban J connectivity index is 1.88. The number of nitrogens with zero attached hydrogens (tertiary/aromatic N) is 2. The number of aryl methyl sites for hydroxylation is 2. The molecule has 0 aliphatic rings. The molecule has 5 nitrogen and oxygen atoms in total. The molecule has 3 rings (SSSR count). The van der Waals surface area contributed by atoms with Crippen molar-refractivity contribution in [1.82, 2.24) is 15.3 Å². The SMILES string of the molecule is CCOCCCNC(=O)C(C)Sc1nc(-c2ccccc2)nc2c(C)ccc(C)c12. The van der Waals surface area contributed by atoms with Crippen LogP contribution in [0.3, 0.4) is 0 Å². The number of hydrogen-bond acceptors (Lipinski definition) is 5. The van der Waals surface area contributed by atoms with Gasteiger partial charge in [-0.05, 0) is 45.2 Å². The summed E-state index contributed by atoms with van der Waals surface area (Å²) in [6.45, 7) is 9.99. The molecule has 2 aromatic carbocycles. The summed E-state index contributed by atoms with van der Waals surface area (Å²) < 4.78 is 5.33. The maximum atomic E-state index is 12.6. The quantitative estimate of drug-likeness (QED) is 0.300. The average Bonchev–Trinajstić information content (AvgIpc) is 2.76. The van der Waals surface area contributed by atoms with Gasteiger partial charge in [-0.15, -0.1) is 0 Å². The molecular weight excluding hydrogens is 394 g/mol. The van der Waals surface area contributed by atoms with E-state index in [1.165, 1.54) is 11.8 Å². The van der Waals surface area contributed by atoms with E-state index in [0.717, 1.165) is 39.0 Å². The van der Waals surface area contributed by atoms with E-state index < -0.39 is 0 Å². The highest BCUT2D eigenvalue weighted by molar-refractivity contribution is 8.00. The summed E-state index contributed by atoms with van der Waals surface area (Å²) in [4.78, 5) is 22.3. The molecule has 0 aliphatic heterocycles. The van der Waals surface area contributed by atoms with E-state index in [2.05, 4.69) is 31.3 Å². The van der Waals surface area contributed by atoms with Crippen LogP contribution >= 0.6 is 11.8 Å². The first-order valence-corrected chi connectivity index (χ1v) is 11.2. The number of aromatic nitrogens is 2. The topological polar surface area (TPSA) is 64.1 Å². The number of amides is 1. The molecule has 1 unspecified atom stereocenters. The predicted molar refractivity (Wildman–Crippen MR) is 124 cm³/mol. The minimum atomic E-state index is -0.265. The van der Waals surface area contributed by atoms with Crippen molar-refractivity contribution in [2.75, 3.05) is 19.8 Å². The lowest BCUT2D eigenvalue weighted by Gasteiger charge is -2.16. The molecule has 3 aromatic rings. The molecule has 1 aromatic heterocycles. The zero-order chi connectivity index (χ0) is 21.5. The Bertz CT molecular complexity index is 1010. The van der Waals surface area contributed by atoms with Crippen LogP contribution in [0.1, 0.15) is 31.4 Å². The van der Waals surface area contributed by atoms with Crippen LogP contribution in [0, 0.1) is 13.8 Å². The van der Waals surface area contributed by atoms with Gasteiger partial charge >= 0.3 is 0 Å². The molecule has 1 heterocycles. The molecule has 30 heavy (non-hydrogen) atoms. The molecule has 1 N–H and O–H groups in total. The highest BCUT2D eigenvalue weighted by Crippen LogP contribution is 2.34. The minimum absolute atomic E-state index is 0.00910. The summed E-state index contributed by atoms with van der Waals surface area (Å²) in [5, 5.41) is 4.60. The lowest BCUT2D eigenvalue weighted by molar-refractivity contribution is -0.120. The molecule has 0 spiro atoms. The van der Waals surface area contributed by atoms with E-state index in [1.54, 1.807) is 0 Å². The van der Waals surface area contributed by atoms with Crippen LogP contribution in [-0.4, -0.2) is 40.9 Å². The molecule has 0 saturated heterocycles. The Hall–Kier alpha value is -2.44. The van der Waals surface area contributed by atoms with Gasteiger partial charge in [0.2, 0.25) is 5.91 Å². The second-order valence-corrected chi connectivity index (χ2v) is 8.57. The van der Waals surface area contributed by atoms with Crippen LogP contribution in [-0.2, 0) is 9.53 Å². The normalized spacial score (nSPS) is 12.1. The van der Waals surface area contributed by atoms with Crippen molar-refractivity contribution in [3.05, 3.63) is 53.6 Å². The highest BCUT2D eigenvalue weighted by atomic mass is 32.2. The van der Waals surface area contributed by atoms with Gasteiger partial charge in [0.05, 0.1) is 10.8 Å². The van der Waals surface area contributed by atoms with Crippen LogP contribution in [0.2, 0.25) is 0 Å². The first kappa shape index (κ1) is 22.2. The van der Waals surface area contributed by atoms with Crippen molar-refractivity contribution in [2.24, 2.45) is 0 Å². The molecule has 158 valence electrons. The van der Waals surface area contributed by atoms with Gasteiger partial charge in [-0.2, -0.15) is 0 Å². The number of nitrogens with one attached hydrogen (secondary N) is 1. The van der Waals surface area contributed by atoms with Crippen molar-refractivity contribution >= 4 is 28.6 Å². The smallest absolute Gasteiger partial charge is 0.233 e. The average molecular weight is 424 g/mol. The first-order chi connectivity index (χ1) is 14.5. The number of hydrogen-bond donors (Lipinski definition) is 1. The van der Waals surface area contributed by atoms with Crippen molar-refractivity contribution < 1.29 is 9.53 Å². The third-order valence-electron chi connectivity index (χ3n) is 4.89. The molecule has 0 saturated carbocycles. The largest absolute Gasteiger partial charge is 0.382 e. The van der Waals surface area contributed by atoms with Gasteiger partial charge in [-0.25, -0.2) is 9.97 Å². The highest BCUT2D eigenvalue weighted by Gasteiger charge is 2.19. The molecule has 0 bridgehead atoms. The van der Waals surface area contributed by atoms with Crippen molar-refractivity contribution in [3.63, 3.8) is 0 Å². The zero-order valence-electron chi connectivity index (χ0n) is 18.1. The van der Waals surface area contributed by atoms with E-state index in [1.807, 2.05) is 44.2 Å². The van der Waals surface area contributed by atoms with Crippen LogP contribution in [0.15, 0.2) is 47.5 Å². The van der Waals surface area contributed by atoms with Gasteiger partial charge < -0.3 is 10.1 Å². The Morgan fingerprint density at radius 3 is 2.57 bits per heavy atom. The van der Waals surface area contributed by atoms with E-state index in [4.69, 9.17) is 14.7 Å². The lowest BCUT2D eigenvalue weighted by Crippen LogP contribution is -2.32. The summed E-state index contributed by atoms with van der Waals surface area (Å²) in [6.07, 6.45) is 0.809. The second kappa shape index (κ2) is 10.5. The maximum Gasteiger partial charge on any atom is 0.233 e. The fourth-order valence-electron chi connectivity index (χ4n) is 3.19. The molecule has 1 amide bonds. The summed E-state index contributed by atoms with van der Waals surface area (Å²) >= 11 is 1.49. The lowest BCUT2D eigenvalue weighted by atomic mass is 10.1. The standard InChI is InChI=1S/C24H29N3O2S/c1-5-29-15-9-14-25-23(28)18(4)30-24-20-16(2)12-13-17(3)21(20)26-22(27-24)19-10-7-6-8-11-19/h6-8,10-13,18H,5,9,14-15H2,1-4H3,(H,25,28). The number of ether oxygens (including phenoxy) is 1. The monoisotopic (exact) mass is 423 g/mol. The summed E-state index contributed by atoms with van der Waals surface area (Å²) in [5.74, 6) is 0.693. The number of benzene rings is 2. The van der Waals surface area contributed by atoms with E-state index in [0.29, 0.717) is 25.6 Å². The first-order valence-electron chi connectivity index (χ1n) is 10.4. The summed E-state index contributed by atoms with van der Waals surface area (Å²) in [7, 11) is 0. The van der Waals surface area contributed by atoms with E-state index >= 15 is 0 Å². The van der Waals surface area contributed by atoms with Crippen molar-refractivity contribution in [1.29, 1.82) is 0 Å². The third kappa shape index (κ3) is 5.37. The number of rotatable bonds is 9. The molecule has 1 atom stereocenters. The molecule has 0 fully saturated rings. The zero-order valence-corrected chi connectivity index (χ0v) is 18.9. The fourth-order valence-corrected chi connectivity index (χ4v) is 4.23. The van der Waals surface area contributed by atoms with Crippen LogP contribution in [0.25, 0.3) is 22.3 Å². The van der Waals surface area contributed by atoms with Crippen molar-refractivity contribution in [2.45, 2.75) is 44.4 Å². The second-order valence-electron chi connectivity index (χ2n) is 7.24. The molecule has 0 aliphatic carbocycles. The van der Waals surface area contributed by atoms with Gasteiger partial charge in [0.1, 0.15) is 5.03 Å². The van der Waals surface area contributed by atoms with Gasteiger partial charge in [0.25, 0.3) is 0 Å². The number of thioether (sulfide) groups is 1. The predicted octanol–water partition coefficient (Wildman–Crippen LogP) is 4.94. The fraction of sp³-hybridized carbons (Fsp3) is 0.375. The number of fused-ring (bicyclic) bond motifs is 1. The summed E-state index contributed by atoms with van der Waals surface area (Å²) in [6, 6.07) is 14.1. The molecule has 6 heteroatoms. The van der Waals surface area contributed by atoms with Gasteiger partial charge in [-0.1, -0.05) is 54.2 Å². The van der Waals surface area contributed by atoms with Gasteiger partial charge in [-0.3, -0.25) is 4.79 Å². The van der Waals surface area contributed by atoms with E-state index in [-0.39, 0.29) is 11.2 Å². The Morgan fingerprint density at radius 2 is 1.83 bits per heavy atom. The number of carbonyl (C=O) groups excluding carboxylic acids is 1. The molecular formula is C24H29N3O2S. The van der Waals surface area contributed by atoms with Crippen molar-refractivity contribution in [3.8, 4) is 11.4 Å². The van der Waals surface area contributed by atoms with Gasteiger partial charge in [0.15, 0.2) is 5.82 Å². The van der Waals surface area contributed by atoms with Gasteiger partial charge in [0, 0.05) is 30.7 Å². The van der Waals surface area contributed by atoms with Crippen LogP contribution < -0.4 is 5.32 Å². The Labute approximate surface area is 182 Å². The van der Waals surface area contributed by atoms with Crippen LogP contribution in [0.4, 0.5) is 0 Å². The summed E-state index contributed by atoms with van der Waals surface area (Å²) in [5.41, 5.74) is 4.12. The Kier molecular flexibility index (Phi) is 7.82. The van der Waals surface area contributed by atoms with E-state index in [9.17, 15) is 4.79 Å². The maximum absolute atomic E-state index is 12.6. The minimum Gasteiger partial charge on any atom is -0.382 e. The number of carbonyl (C=O) groups is 1. The molecule has 0 radical (unpaired) electrons. The van der Waals surface area contributed by atoms with Crippen LogP contribution in [0.5, 0.6) is 0 Å².